The number of amides is 2. The van der Waals surface area contributed by atoms with Crippen LogP contribution in [0.15, 0.2) is 60.0 Å². The molecule has 1 saturated heterocycles. The van der Waals surface area contributed by atoms with Crippen LogP contribution >= 0.6 is 11.3 Å². The van der Waals surface area contributed by atoms with E-state index in [0.717, 1.165) is 42.9 Å². The zero-order chi connectivity index (χ0) is 22.3. The Labute approximate surface area is 191 Å². The first-order valence-corrected chi connectivity index (χ1v) is 11.5. The van der Waals surface area contributed by atoms with Crippen LogP contribution in [0.2, 0.25) is 0 Å². The lowest BCUT2D eigenvalue weighted by molar-refractivity contribution is -0.132. The van der Waals surface area contributed by atoms with Crippen LogP contribution in [0, 0.1) is 0 Å². The number of aromatic nitrogens is 1. The van der Waals surface area contributed by atoms with E-state index in [9.17, 15) is 9.59 Å². The van der Waals surface area contributed by atoms with Gasteiger partial charge in [-0.1, -0.05) is 36.4 Å². The summed E-state index contributed by atoms with van der Waals surface area (Å²) in [5, 5.41) is 8.39. The maximum atomic E-state index is 13.1. The van der Waals surface area contributed by atoms with Crippen LogP contribution < -0.4 is 15.4 Å². The molecule has 1 atom stereocenters. The van der Waals surface area contributed by atoms with Crippen molar-refractivity contribution < 1.29 is 14.3 Å². The van der Waals surface area contributed by atoms with Gasteiger partial charge >= 0.3 is 0 Å². The van der Waals surface area contributed by atoms with Crippen molar-refractivity contribution in [3.8, 4) is 5.75 Å². The minimum Gasteiger partial charge on any atom is -0.497 e. The maximum absolute atomic E-state index is 13.1. The van der Waals surface area contributed by atoms with E-state index in [1.807, 2.05) is 59.5 Å². The minimum absolute atomic E-state index is 0.0374. The van der Waals surface area contributed by atoms with Gasteiger partial charge in [-0.25, -0.2) is 4.98 Å². The van der Waals surface area contributed by atoms with Crippen molar-refractivity contribution in [1.82, 2.24) is 15.2 Å². The number of thiazole rings is 1. The van der Waals surface area contributed by atoms with Gasteiger partial charge in [0.05, 0.1) is 7.11 Å². The van der Waals surface area contributed by atoms with E-state index >= 15 is 0 Å². The summed E-state index contributed by atoms with van der Waals surface area (Å²) in [6.45, 7) is 1.48. The third-order valence-electron chi connectivity index (χ3n) is 5.36. The Morgan fingerprint density at radius 1 is 1.12 bits per heavy atom. The van der Waals surface area contributed by atoms with Crippen LogP contribution in [-0.4, -0.2) is 47.9 Å². The van der Waals surface area contributed by atoms with E-state index in [1.54, 1.807) is 12.5 Å². The zero-order valence-electron chi connectivity index (χ0n) is 17.9. The van der Waals surface area contributed by atoms with Crippen molar-refractivity contribution in [3.63, 3.8) is 0 Å². The lowest BCUT2D eigenvalue weighted by atomic mass is 10.0. The van der Waals surface area contributed by atoms with E-state index in [1.165, 1.54) is 11.3 Å². The number of nitrogens with zero attached hydrogens (tertiary/aromatic N) is 2. The number of likely N-dealkylation sites (tertiary alicyclic amines) is 1. The summed E-state index contributed by atoms with van der Waals surface area (Å²) >= 11 is 1.33. The molecule has 1 unspecified atom stereocenters. The van der Waals surface area contributed by atoms with Gasteiger partial charge in [0.25, 0.3) is 5.91 Å². The fourth-order valence-corrected chi connectivity index (χ4v) is 4.41. The number of anilines is 2. The lowest BCUT2D eigenvalue weighted by Gasteiger charge is -2.24. The number of carbonyl (C=O) groups is 2. The zero-order valence-corrected chi connectivity index (χ0v) is 18.7. The maximum Gasteiger partial charge on any atom is 0.271 e. The van der Waals surface area contributed by atoms with Gasteiger partial charge in [0.15, 0.2) is 5.13 Å². The second-order valence-corrected chi connectivity index (χ2v) is 8.50. The number of ether oxygens (including phenoxy) is 1. The predicted octanol–water partition coefficient (Wildman–Crippen LogP) is 3.86. The van der Waals surface area contributed by atoms with Gasteiger partial charge in [0.2, 0.25) is 5.91 Å². The third-order valence-corrected chi connectivity index (χ3v) is 6.12. The van der Waals surface area contributed by atoms with E-state index in [4.69, 9.17) is 4.74 Å². The average Bonchev–Trinajstić information content (AvgIpc) is 3.52. The smallest absolute Gasteiger partial charge is 0.271 e. The molecule has 1 aliphatic rings. The predicted molar refractivity (Wildman–Crippen MR) is 126 cm³/mol. The second-order valence-electron chi connectivity index (χ2n) is 7.64. The molecule has 0 saturated carbocycles. The molecule has 1 aromatic heterocycles. The van der Waals surface area contributed by atoms with Gasteiger partial charge in [-0.15, -0.1) is 11.3 Å². The summed E-state index contributed by atoms with van der Waals surface area (Å²) in [7, 11) is 1.61. The van der Waals surface area contributed by atoms with Crippen LogP contribution in [-0.2, 0) is 11.2 Å². The highest BCUT2D eigenvalue weighted by molar-refractivity contribution is 7.14. The van der Waals surface area contributed by atoms with Gasteiger partial charge in [0, 0.05) is 36.6 Å². The van der Waals surface area contributed by atoms with Crippen molar-refractivity contribution in [1.29, 1.82) is 0 Å². The van der Waals surface area contributed by atoms with Crippen molar-refractivity contribution >= 4 is 34.0 Å². The summed E-state index contributed by atoms with van der Waals surface area (Å²) in [6, 6.07) is 16.6. The minimum atomic E-state index is -0.625. The first-order chi connectivity index (χ1) is 15.6. The molecule has 2 amide bonds. The number of carbonyl (C=O) groups excluding carboxylic acids is 2. The molecule has 32 heavy (non-hydrogen) atoms. The fraction of sp³-hybridized carbons (Fsp3) is 0.292. The van der Waals surface area contributed by atoms with E-state index < -0.39 is 6.04 Å². The summed E-state index contributed by atoms with van der Waals surface area (Å²) in [5.41, 5.74) is 2.11. The molecule has 0 aliphatic carbocycles. The van der Waals surface area contributed by atoms with Crippen LogP contribution in [0.3, 0.4) is 0 Å². The van der Waals surface area contributed by atoms with Crippen LogP contribution in [0.1, 0.15) is 28.9 Å². The fourth-order valence-electron chi connectivity index (χ4n) is 3.70. The SMILES string of the molecule is COc1cccc(Nc2nc(C(=O)NC(Cc3ccccc3)C(=O)N3CCCC3)cs2)c1. The van der Waals surface area contributed by atoms with E-state index in [0.29, 0.717) is 11.6 Å². The lowest BCUT2D eigenvalue weighted by Crippen LogP contribution is -2.49. The molecule has 166 valence electrons. The number of hydrogen-bond acceptors (Lipinski definition) is 6. The third kappa shape index (κ3) is 5.45. The second kappa shape index (κ2) is 10.3. The molecule has 3 aromatic rings. The van der Waals surface area contributed by atoms with E-state index in [-0.39, 0.29) is 17.5 Å². The Balaban J connectivity index is 1.46. The van der Waals surface area contributed by atoms with Gasteiger partial charge in [-0.05, 0) is 30.5 Å². The van der Waals surface area contributed by atoms with Crippen LogP contribution in [0.5, 0.6) is 5.75 Å². The quantitative estimate of drug-likeness (QED) is 0.545. The molecule has 2 heterocycles. The van der Waals surface area contributed by atoms with Crippen LogP contribution in [0.4, 0.5) is 10.8 Å². The number of hydrogen-bond donors (Lipinski definition) is 2. The van der Waals surface area contributed by atoms with Gasteiger partial charge in [0.1, 0.15) is 17.5 Å². The first-order valence-electron chi connectivity index (χ1n) is 10.6. The molecule has 8 heteroatoms. The highest BCUT2D eigenvalue weighted by Crippen LogP contribution is 2.24. The summed E-state index contributed by atoms with van der Waals surface area (Å²) in [6.07, 6.45) is 2.45. The molecule has 1 aliphatic heterocycles. The molecular formula is C24H26N4O3S. The van der Waals surface area contributed by atoms with Gasteiger partial charge in [-0.3, -0.25) is 9.59 Å². The number of benzene rings is 2. The van der Waals surface area contributed by atoms with Crippen LogP contribution in [0.25, 0.3) is 0 Å². The Hall–Kier alpha value is -3.39. The molecule has 2 N–H and O–H groups in total. The molecule has 0 bridgehead atoms. The highest BCUT2D eigenvalue weighted by Gasteiger charge is 2.28. The average molecular weight is 451 g/mol. The molecule has 1 fully saturated rings. The molecular weight excluding hydrogens is 424 g/mol. The van der Waals surface area contributed by atoms with Gasteiger partial charge in [-0.2, -0.15) is 0 Å². The molecule has 2 aromatic carbocycles. The van der Waals surface area contributed by atoms with Crippen molar-refractivity contribution in [3.05, 3.63) is 71.2 Å². The summed E-state index contributed by atoms with van der Waals surface area (Å²) < 4.78 is 5.24. The van der Waals surface area contributed by atoms with E-state index in [2.05, 4.69) is 15.6 Å². The normalized spacial score (nSPS) is 14.1. The van der Waals surface area contributed by atoms with Crippen molar-refractivity contribution in [2.24, 2.45) is 0 Å². The topological polar surface area (TPSA) is 83.6 Å². The van der Waals surface area contributed by atoms with Crippen molar-refractivity contribution in [2.45, 2.75) is 25.3 Å². The molecule has 0 radical (unpaired) electrons. The Bertz CT molecular complexity index is 1060. The Morgan fingerprint density at radius 2 is 1.91 bits per heavy atom. The van der Waals surface area contributed by atoms with Crippen molar-refractivity contribution in [2.75, 3.05) is 25.5 Å². The summed E-state index contributed by atoms with van der Waals surface area (Å²) in [4.78, 5) is 32.3. The summed E-state index contributed by atoms with van der Waals surface area (Å²) in [5.74, 6) is 0.340. The standard InChI is InChI=1S/C24H26N4O3S/c1-31-19-11-7-10-18(15-19)25-24-27-21(16-32-24)22(29)26-20(14-17-8-3-2-4-9-17)23(30)28-12-5-6-13-28/h2-4,7-11,15-16,20H,5-6,12-14H2,1H3,(H,25,27)(H,26,29). The first kappa shape index (κ1) is 21.8. The number of rotatable bonds is 8. The number of nitrogens with one attached hydrogen (secondary N) is 2. The van der Waals surface area contributed by atoms with Gasteiger partial charge < -0.3 is 20.3 Å². The molecule has 4 rings (SSSR count). The highest BCUT2D eigenvalue weighted by atomic mass is 32.1. The Kier molecular flexibility index (Phi) is 7.01. The Morgan fingerprint density at radius 3 is 2.66 bits per heavy atom. The largest absolute Gasteiger partial charge is 0.497 e. The molecule has 0 spiro atoms. The molecule has 7 nitrogen and oxygen atoms in total. The monoisotopic (exact) mass is 450 g/mol. The number of methoxy groups -OCH3 is 1.